The standard InChI is InChI=1S/C25H36N6O6.C18H32N2O8S.C8H8N4O/c1-24(2,3)19(26-23(34)37-25(4,5)6)21(32)30-14-16(13-18(30)22(33)36-8)31-28-20(27-29-31)15-9-11-17(35-7)12-10-15;1-17(2,3)13(19-16(23)27-18(4,5)6)14(21)20-10-11(28-29(8,24)25)9-12(20)15(22)26-7;1-13-7-4-2-6(3-5-7)8-9-11-12-10-8/h9-12,16,18-19H,13-14H2,1-8H3,(H,26,34);11-13H,9-10H2,1-8H3,(H,19,23);2-5H,1H3,(H,9,10,11,12)/t16-,18+,19-;11-,12-,13+;/m10./s1. The summed E-state index contributed by atoms with van der Waals surface area (Å²) in [6, 6.07) is 10.4. The number of rotatable bonds is 13. The second kappa shape index (κ2) is 26.4. The van der Waals surface area contributed by atoms with Crippen LogP contribution in [0.2, 0.25) is 0 Å². The number of aromatic amines is 1. The zero-order chi connectivity index (χ0) is 59.4. The Morgan fingerprint density at radius 3 is 1.43 bits per heavy atom. The van der Waals surface area contributed by atoms with Crippen molar-refractivity contribution in [1.29, 1.82) is 0 Å². The van der Waals surface area contributed by atoms with E-state index in [2.05, 4.69) is 46.7 Å². The first-order chi connectivity index (χ1) is 36.6. The maximum Gasteiger partial charge on any atom is 0.408 e. The van der Waals surface area contributed by atoms with E-state index in [4.69, 9.17) is 32.6 Å². The van der Waals surface area contributed by atoms with Gasteiger partial charge < -0.3 is 48.9 Å². The fourth-order valence-electron chi connectivity index (χ4n) is 8.04. The van der Waals surface area contributed by atoms with Crippen molar-refractivity contribution in [1.82, 2.24) is 61.3 Å². The van der Waals surface area contributed by atoms with Crippen LogP contribution < -0.4 is 20.1 Å². The average Bonchev–Trinajstić information content (AvgIpc) is 4.22. The number of likely N-dealkylation sites (tertiary alicyclic amines) is 2. The number of carbonyl (C=O) groups excluding carboxylic acids is 6. The minimum atomic E-state index is -3.78. The molecule has 2 aromatic heterocycles. The summed E-state index contributed by atoms with van der Waals surface area (Å²) in [5, 5.41) is 31.6. The largest absolute Gasteiger partial charge is 0.497 e. The number of tetrazole rings is 2. The molecule has 2 aliphatic heterocycles. The maximum atomic E-state index is 13.8. The third kappa shape index (κ3) is 19.1. The van der Waals surface area contributed by atoms with E-state index in [0.717, 1.165) is 23.1 Å². The summed E-state index contributed by atoms with van der Waals surface area (Å²) in [5.41, 5.74) is -1.22. The van der Waals surface area contributed by atoms with Crippen LogP contribution in [0.1, 0.15) is 102 Å². The van der Waals surface area contributed by atoms with Crippen molar-refractivity contribution in [3.8, 4) is 34.3 Å². The minimum Gasteiger partial charge on any atom is -0.497 e. The maximum absolute atomic E-state index is 13.8. The van der Waals surface area contributed by atoms with Gasteiger partial charge in [0.2, 0.25) is 23.5 Å². The molecule has 27 nitrogen and oxygen atoms in total. The number of benzene rings is 2. The molecule has 79 heavy (non-hydrogen) atoms. The van der Waals surface area contributed by atoms with Crippen molar-refractivity contribution in [2.24, 2.45) is 10.8 Å². The van der Waals surface area contributed by atoms with Crippen LogP contribution in [-0.2, 0) is 52.4 Å². The molecule has 0 aliphatic carbocycles. The number of esters is 2. The number of alkyl carbamates (subject to hydrolysis) is 2. The number of ether oxygens (including phenoxy) is 6. The van der Waals surface area contributed by atoms with Gasteiger partial charge >= 0.3 is 24.1 Å². The van der Waals surface area contributed by atoms with Gasteiger partial charge in [-0.05, 0) is 111 Å². The van der Waals surface area contributed by atoms with Gasteiger partial charge in [0, 0.05) is 37.1 Å². The van der Waals surface area contributed by atoms with Crippen molar-refractivity contribution in [2.45, 2.75) is 143 Å². The molecule has 0 bridgehead atoms. The molecule has 2 saturated heterocycles. The van der Waals surface area contributed by atoms with Crippen LogP contribution >= 0.6 is 0 Å². The summed E-state index contributed by atoms with van der Waals surface area (Å²) >= 11 is 0. The second-order valence-corrected chi connectivity index (χ2v) is 24.2. The molecular weight excluding hydrogens is 1050 g/mol. The van der Waals surface area contributed by atoms with Crippen molar-refractivity contribution in [3.05, 3.63) is 48.5 Å². The SMILES string of the molecule is COC(=O)[C@@H]1C[C@@H](n2nnc(-c3ccc(OC)cc3)n2)CN1C(=O)[C@@H](NC(=O)OC(C)(C)C)C(C)(C)C.COC(=O)[C@@H]1C[C@H](OS(C)(=O)=O)CN1C(=O)[C@@H](NC(=O)OC(C)(C)C)C(C)(C)C.COc1ccc(-c2nn[nH]n2)cc1. The van der Waals surface area contributed by atoms with Crippen molar-refractivity contribution >= 4 is 46.1 Å². The van der Waals surface area contributed by atoms with E-state index < -0.39 is 104 Å². The fourth-order valence-corrected chi connectivity index (χ4v) is 8.67. The van der Waals surface area contributed by atoms with Gasteiger partial charge in [0.15, 0.2) is 0 Å². The van der Waals surface area contributed by atoms with E-state index in [-0.39, 0.29) is 25.9 Å². The topological polar surface area (TPSA) is 330 Å². The number of carbonyl (C=O) groups is 6. The van der Waals surface area contributed by atoms with Crippen molar-refractivity contribution < 1.29 is 69.8 Å². The van der Waals surface area contributed by atoms with Gasteiger partial charge in [0.1, 0.15) is 46.9 Å². The molecule has 6 atom stereocenters. The Hall–Kier alpha value is -7.49. The van der Waals surface area contributed by atoms with Crippen LogP contribution in [0.25, 0.3) is 22.8 Å². The monoisotopic (exact) mass is 1130 g/mol. The molecular formula is C51H76N12O15S. The molecule has 6 rings (SSSR count). The van der Waals surface area contributed by atoms with Crippen molar-refractivity contribution in [3.63, 3.8) is 0 Å². The van der Waals surface area contributed by atoms with Gasteiger partial charge in [-0.15, -0.1) is 20.4 Å². The third-order valence-electron chi connectivity index (χ3n) is 11.7. The Labute approximate surface area is 460 Å². The second-order valence-electron chi connectivity index (χ2n) is 22.6. The molecule has 0 radical (unpaired) electrons. The molecule has 3 N–H and O–H groups in total. The molecule has 0 saturated carbocycles. The lowest BCUT2D eigenvalue weighted by Crippen LogP contribution is -2.57. The predicted molar refractivity (Wildman–Crippen MR) is 284 cm³/mol. The highest BCUT2D eigenvalue weighted by Gasteiger charge is 2.48. The van der Waals surface area contributed by atoms with Crippen LogP contribution in [-0.4, -0.2) is 184 Å². The summed E-state index contributed by atoms with van der Waals surface area (Å²) in [7, 11) is 1.88. The first kappa shape index (κ1) is 64.0. The van der Waals surface area contributed by atoms with Gasteiger partial charge in [0.05, 0.1) is 46.8 Å². The Kier molecular flexibility index (Phi) is 21.4. The highest BCUT2D eigenvalue weighted by Crippen LogP contribution is 2.33. The lowest BCUT2D eigenvalue weighted by molar-refractivity contribution is -0.152. The normalized spacial score (nSPS) is 18.3. The first-order valence-corrected chi connectivity index (χ1v) is 26.8. The molecule has 2 aromatic carbocycles. The fraction of sp³-hybridized carbons (Fsp3) is 0.608. The van der Waals surface area contributed by atoms with Crippen LogP contribution in [0, 0.1) is 10.8 Å². The number of nitrogens with zero attached hydrogens (tertiary/aromatic N) is 9. The summed E-state index contributed by atoms with van der Waals surface area (Å²) in [4.78, 5) is 80.7. The Morgan fingerprint density at radius 2 is 1.05 bits per heavy atom. The lowest BCUT2D eigenvalue weighted by Gasteiger charge is -2.35. The Morgan fingerprint density at radius 1 is 0.620 bits per heavy atom. The Balaban J connectivity index is 0.000000282. The Bertz CT molecular complexity index is 2800. The number of methoxy groups -OCH3 is 4. The van der Waals surface area contributed by atoms with E-state index >= 15 is 0 Å². The lowest BCUT2D eigenvalue weighted by atomic mass is 9.85. The van der Waals surface area contributed by atoms with Gasteiger partial charge in [-0.2, -0.15) is 18.4 Å². The first-order valence-electron chi connectivity index (χ1n) is 25.0. The molecule has 0 spiro atoms. The van der Waals surface area contributed by atoms with Crippen molar-refractivity contribution in [2.75, 3.05) is 47.8 Å². The molecule has 4 amide bonds. The molecule has 2 aliphatic rings. The number of hydrogen-bond donors (Lipinski definition) is 3. The molecule has 28 heteroatoms. The number of H-pyrrole nitrogens is 1. The average molecular weight is 1130 g/mol. The molecule has 4 heterocycles. The van der Waals surface area contributed by atoms with Gasteiger partial charge in [-0.25, -0.2) is 19.2 Å². The number of aromatic nitrogens is 8. The third-order valence-corrected chi connectivity index (χ3v) is 12.3. The zero-order valence-corrected chi connectivity index (χ0v) is 48.8. The predicted octanol–water partition coefficient (Wildman–Crippen LogP) is 4.52. The van der Waals surface area contributed by atoms with Gasteiger partial charge in [-0.1, -0.05) is 41.5 Å². The zero-order valence-electron chi connectivity index (χ0n) is 48.0. The van der Waals surface area contributed by atoms with Crippen LogP contribution in [0.5, 0.6) is 11.5 Å². The molecule has 0 unspecified atom stereocenters. The summed E-state index contributed by atoms with van der Waals surface area (Å²) in [5.74, 6) is 0.274. The molecule has 436 valence electrons. The van der Waals surface area contributed by atoms with Gasteiger partial charge in [-0.3, -0.25) is 13.8 Å². The van der Waals surface area contributed by atoms with Gasteiger partial charge in [0.25, 0.3) is 10.1 Å². The smallest absolute Gasteiger partial charge is 0.408 e. The van der Waals surface area contributed by atoms with E-state index in [0.29, 0.717) is 17.4 Å². The van der Waals surface area contributed by atoms with E-state index in [1.54, 1.807) is 88.7 Å². The summed E-state index contributed by atoms with van der Waals surface area (Å²) in [6.45, 7) is 21.0. The summed E-state index contributed by atoms with van der Waals surface area (Å²) < 4.78 is 58.5. The number of hydrogen-bond acceptors (Lipinski definition) is 21. The molecule has 2 fully saturated rings. The summed E-state index contributed by atoms with van der Waals surface area (Å²) in [6.07, 6.45) is -1.28. The van der Waals surface area contributed by atoms with Crippen LogP contribution in [0.15, 0.2) is 48.5 Å². The quantitative estimate of drug-likeness (QED) is 0.0941. The highest BCUT2D eigenvalue weighted by atomic mass is 32.2. The van der Waals surface area contributed by atoms with E-state index in [1.165, 1.54) is 28.8 Å². The van der Waals surface area contributed by atoms with E-state index in [9.17, 15) is 37.2 Å². The van der Waals surface area contributed by atoms with Crippen LogP contribution in [0.3, 0.4) is 0 Å². The number of amides is 4. The number of nitrogens with one attached hydrogen (secondary N) is 3. The molecule has 4 aromatic rings. The highest BCUT2D eigenvalue weighted by molar-refractivity contribution is 7.86. The van der Waals surface area contributed by atoms with Crippen LogP contribution in [0.4, 0.5) is 9.59 Å². The minimum absolute atomic E-state index is 0.0330. The van der Waals surface area contributed by atoms with E-state index in [1.807, 2.05) is 57.2 Å².